The van der Waals surface area contributed by atoms with Gasteiger partial charge >= 0.3 is 0 Å². The fraction of sp³-hybridized carbons (Fsp3) is 0.320. The standard InChI is InChI=1S/C25H22F3N5O2/c26-23-16(2-1-7-30-23)15-3-4-19-17(10-15)25(14-34-9-5-21(29)32-25)18-11-22(31-12-20(18)35-19)33-8-6-24(27,28)13-33/h1-4,7,10-12H,5-6,8-9,13-14H2,(H2,29,32)/t25-/m0/s1. The maximum atomic E-state index is 14.5. The summed E-state index contributed by atoms with van der Waals surface area (Å²) in [6, 6.07) is 10.3. The van der Waals surface area contributed by atoms with Crippen LogP contribution in [0.15, 0.2) is 53.8 Å². The van der Waals surface area contributed by atoms with Gasteiger partial charge in [-0.1, -0.05) is 6.07 Å². The van der Waals surface area contributed by atoms with Gasteiger partial charge < -0.3 is 20.1 Å². The average Bonchev–Trinajstić information content (AvgIpc) is 3.09. The normalized spacial score (nSPS) is 22.7. The molecule has 0 bridgehead atoms. The van der Waals surface area contributed by atoms with Crippen molar-refractivity contribution in [1.29, 1.82) is 0 Å². The van der Waals surface area contributed by atoms with Crippen LogP contribution in [0.4, 0.5) is 19.0 Å². The smallest absolute Gasteiger partial charge is 0.266 e. The molecule has 0 aliphatic carbocycles. The number of benzene rings is 1. The fourth-order valence-corrected chi connectivity index (χ4v) is 4.92. The minimum atomic E-state index is -2.77. The van der Waals surface area contributed by atoms with E-state index >= 15 is 0 Å². The number of fused-ring (bicyclic) bond motifs is 4. The van der Waals surface area contributed by atoms with Crippen LogP contribution in [-0.2, 0) is 10.3 Å². The minimum absolute atomic E-state index is 0.148. The van der Waals surface area contributed by atoms with Gasteiger partial charge in [0.05, 0.1) is 31.8 Å². The average molecular weight is 481 g/mol. The molecule has 0 amide bonds. The van der Waals surface area contributed by atoms with Gasteiger partial charge in [0, 0.05) is 42.3 Å². The Labute approximate surface area is 199 Å². The lowest BCUT2D eigenvalue weighted by Crippen LogP contribution is -2.36. The molecule has 2 N–H and O–H groups in total. The monoisotopic (exact) mass is 481 g/mol. The Bertz CT molecular complexity index is 1350. The Morgan fingerprint density at radius 1 is 1.06 bits per heavy atom. The fourth-order valence-electron chi connectivity index (χ4n) is 4.92. The zero-order valence-corrected chi connectivity index (χ0v) is 18.7. The number of amidine groups is 1. The second-order valence-corrected chi connectivity index (χ2v) is 8.99. The van der Waals surface area contributed by atoms with Crippen molar-refractivity contribution < 1.29 is 22.6 Å². The van der Waals surface area contributed by atoms with E-state index in [1.807, 2.05) is 0 Å². The molecule has 2 aromatic heterocycles. The third kappa shape index (κ3) is 3.68. The second-order valence-electron chi connectivity index (χ2n) is 8.99. The first-order chi connectivity index (χ1) is 16.8. The minimum Gasteiger partial charge on any atom is -0.455 e. The van der Waals surface area contributed by atoms with Gasteiger partial charge in [-0.2, -0.15) is 4.39 Å². The van der Waals surface area contributed by atoms with Crippen molar-refractivity contribution in [2.75, 3.05) is 31.2 Å². The quantitative estimate of drug-likeness (QED) is 0.551. The number of halogens is 3. The van der Waals surface area contributed by atoms with Crippen LogP contribution < -0.4 is 15.4 Å². The Morgan fingerprint density at radius 3 is 2.71 bits per heavy atom. The molecule has 3 aliphatic heterocycles. The number of hydrogen-bond acceptors (Lipinski definition) is 7. The van der Waals surface area contributed by atoms with Crippen LogP contribution in [-0.4, -0.2) is 48.0 Å². The molecule has 0 radical (unpaired) electrons. The maximum Gasteiger partial charge on any atom is 0.266 e. The van der Waals surface area contributed by atoms with Gasteiger partial charge in [0.15, 0.2) is 5.75 Å². The number of aliphatic imine (C=N–C) groups is 1. The molecule has 180 valence electrons. The number of nitrogens with zero attached hydrogens (tertiary/aromatic N) is 4. The molecule has 10 heteroatoms. The Kier molecular flexibility index (Phi) is 4.96. The number of ether oxygens (including phenoxy) is 2. The third-order valence-corrected chi connectivity index (χ3v) is 6.66. The highest BCUT2D eigenvalue weighted by atomic mass is 19.3. The summed E-state index contributed by atoms with van der Waals surface area (Å²) in [7, 11) is 0. The highest BCUT2D eigenvalue weighted by Gasteiger charge is 2.46. The number of aromatic nitrogens is 2. The molecule has 3 aliphatic rings. The van der Waals surface area contributed by atoms with E-state index < -0.39 is 24.0 Å². The third-order valence-electron chi connectivity index (χ3n) is 6.66. The lowest BCUT2D eigenvalue weighted by atomic mass is 9.80. The van der Waals surface area contributed by atoms with E-state index in [9.17, 15) is 13.2 Å². The van der Waals surface area contributed by atoms with Crippen LogP contribution in [0, 0.1) is 5.95 Å². The van der Waals surface area contributed by atoms with Gasteiger partial charge in [-0.3, -0.25) is 4.99 Å². The first-order valence-electron chi connectivity index (χ1n) is 11.3. The van der Waals surface area contributed by atoms with Crippen LogP contribution in [0.2, 0.25) is 0 Å². The molecule has 5 heterocycles. The summed E-state index contributed by atoms with van der Waals surface area (Å²) in [5.41, 5.74) is 7.31. The first kappa shape index (κ1) is 21.8. The van der Waals surface area contributed by atoms with E-state index in [1.165, 1.54) is 12.4 Å². The second kappa shape index (κ2) is 7.94. The number of anilines is 1. The molecule has 7 nitrogen and oxygen atoms in total. The van der Waals surface area contributed by atoms with Gasteiger partial charge in [0.25, 0.3) is 5.92 Å². The predicted octanol–water partition coefficient (Wildman–Crippen LogP) is 4.25. The molecule has 1 fully saturated rings. The number of rotatable bonds is 2. The largest absolute Gasteiger partial charge is 0.455 e. The summed E-state index contributed by atoms with van der Waals surface area (Å²) >= 11 is 0. The highest BCUT2D eigenvalue weighted by Crippen LogP contribution is 2.51. The van der Waals surface area contributed by atoms with E-state index in [0.717, 1.165) is 0 Å². The summed E-state index contributed by atoms with van der Waals surface area (Å²) in [5.74, 6) is -1.62. The molecular weight excluding hydrogens is 459 g/mol. The van der Waals surface area contributed by atoms with E-state index in [4.69, 9.17) is 20.2 Å². The van der Waals surface area contributed by atoms with Crippen LogP contribution in [0.5, 0.6) is 11.5 Å². The lowest BCUT2D eigenvalue weighted by Gasteiger charge is -2.37. The number of nitrogens with two attached hydrogens (primary N) is 1. The summed E-state index contributed by atoms with van der Waals surface area (Å²) in [6.45, 7) is 0.316. The van der Waals surface area contributed by atoms with Crippen molar-refractivity contribution in [3.63, 3.8) is 0 Å². The molecular formula is C25H22F3N5O2. The van der Waals surface area contributed by atoms with Crippen LogP contribution >= 0.6 is 0 Å². The molecule has 0 saturated carbocycles. The predicted molar refractivity (Wildman–Crippen MR) is 124 cm³/mol. The van der Waals surface area contributed by atoms with Gasteiger partial charge in [-0.25, -0.2) is 18.7 Å². The summed E-state index contributed by atoms with van der Waals surface area (Å²) in [6.07, 6.45) is 3.13. The molecule has 35 heavy (non-hydrogen) atoms. The van der Waals surface area contributed by atoms with Gasteiger partial charge in [0.1, 0.15) is 17.1 Å². The first-order valence-corrected chi connectivity index (χ1v) is 11.3. The molecule has 6 rings (SSSR count). The van der Waals surface area contributed by atoms with Gasteiger partial charge in [-0.15, -0.1) is 0 Å². The number of hydrogen-bond donors (Lipinski definition) is 1. The van der Waals surface area contributed by atoms with E-state index in [1.54, 1.807) is 41.3 Å². The number of alkyl halides is 2. The molecule has 0 unspecified atom stereocenters. The molecule has 1 aromatic carbocycles. The van der Waals surface area contributed by atoms with Gasteiger partial charge in [0.2, 0.25) is 5.95 Å². The van der Waals surface area contributed by atoms with E-state index in [2.05, 4.69) is 9.97 Å². The van der Waals surface area contributed by atoms with Crippen LogP contribution in [0.3, 0.4) is 0 Å². The molecule has 1 atom stereocenters. The lowest BCUT2D eigenvalue weighted by molar-refractivity contribution is 0.0256. The highest BCUT2D eigenvalue weighted by molar-refractivity contribution is 5.82. The van der Waals surface area contributed by atoms with Crippen molar-refractivity contribution in [2.24, 2.45) is 10.7 Å². The number of pyridine rings is 2. The SMILES string of the molecule is NC1=N[C@@]2(COCC1)c1cc(-c3cccnc3F)ccc1Oc1cnc(N3CCC(F)(F)C3)cc12. The van der Waals surface area contributed by atoms with Crippen molar-refractivity contribution >= 4 is 11.7 Å². The van der Waals surface area contributed by atoms with Crippen molar-refractivity contribution in [1.82, 2.24) is 9.97 Å². The molecule has 1 spiro atoms. The molecule has 3 aromatic rings. The molecule has 1 saturated heterocycles. The zero-order valence-electron chi connectivity index (χ0n) is 18.7. The zero-order chi connectivity index (χ0) is 24.2. The Hall–Kier alpha value is -3.66. The summed E-state index contributed by atoms with van der Waals surface area (Å²) in [4.78, 5) is 14.6. The van der Waals surface area contributed by atoms with Gasteiger partial charge in [-0.05, 0) is 35.9 Å². The van der Waals surface area contributed by atoms with E-state index in [-0.39, 0.29) is 19.6 Å². The van der Waals surface area contributed by atoms with Crippen LogP contribution in [0.1, 0.15) is 24.0 Å². The Balaban J connectivity index is 1.54. The summed E-state index contributed by atoms with van der Waals surface area (Å²) in [5, 5.41) is 0. The van der Waals surface area contributed by atoms with Crippen LogP contribution in [0.25, 0.3) is 11.1 Å². The summed E-state index contributed by atoms with van der Waals surface area (Å²) < 4.78 is 54.5. The van der Waals surface area contributed by atoms with Crippen molar-refractivity contribution in [3.8, 4) is 22.6 Å². The maximum absolute atomic E-state index is 14.5. The Morgan fingerprint density at radius 2 is 1.91 bits per heavy atom. The van der Waals surface area contributed by atoms with Crippen molar-refractivity contribution in [2.45, 2.75) is 24.3 Å². The van der Waals surface area contributed by atoms with Crippen molar-refractivity contribution in [3.05, 3.63) is 65.9 Å². The topological polar surface area (TPSA) is 85.9 Å². The van der Waals surface area contributed by atoms with E-state index in [0.29, 0.717) is 58.4 Å².